The standard InChI is InChI=1S/C11H16N2/c1-13(2)9-8-12-10-11-6-4-3-5-7-11/h3-9,12H,10H2,1-2H3/b9-8+. The van der Waals surface area contributed by atoms with Crippen LogP contribution in [0, 0.1) is 0 Å². The fourth-order valence-corrected chi connectivity index (χ4v) is 0.974. The maximum absolute atomic E-state index is 3.21. The molecule has 0 aliphatic rings. The number of nitrogens with one attached hydrogen (secondary N) is 1. The Morgan fingerprint density at radius 2 is 1.92 bits per heavy atom. The first-order valence-corrected chi connectivity index (χ1v) is 4.39. The van der Waals surface area contributed by atoms with Crippen LogP contribution < -0.4 is 5.32 Å². The van der Waals surface area contributed by atoms with E-state index in [4.69, 9.17) is 0 Å². The van der Waals surface area contributed by atoms with Crippen LogP contribution in [0.4, 0.5) is 0 Å². The number of nitrogens with zero attached hydrogens (tertiary/aromatic N) is 1. The van der Waals surface area contributed by atoms with Crippen molar-refractivity contribution in [2.24, 2.45) is 0 Å². The molecule has 0 unspecified atom stereocenters. The zero-order chi connectivity index (χ0) is 9.52. The summed E-state index contributed by atoms with van der Waals surface area (Å²) in [7, 11) is 4.00. The average molecular weight is 176 g/mol. The first kappa shape index (κ1) is 9.65. The zero-order valence-electron chi connectivity index (χ0n) is 8.20. The molecular weight excluding hydrogens is 160 g/mol. The SMILES string of the molecule is CN(C)/C=C/NCc1ccccc1. The van der Waals surface area contributed by atoms with Crippen LogP contribution in [-0.2, 0) is 6.54 Å². The highest BCUT2D eigenvalue weighted by atomic mass is 15.0. The summed E-state index contributed by atoms with van der Waals surface area (Å²) in [5.41, 5.74) is 1.30. The van der Waals surface area contributed by atoms with Gasteiger partial charge < -0.3 is 10.2 Å². The van der Waals surface area contributed by atoms with Crippen molar-refractivity contribution in [2.45, 2.75) is 6.54 Å². The van der Waals surface area contributed by atoms with Crippen LogP contribution in [-0.4, -0.2) is 19.0 Å². The summed E-state index contributed by atoms with van der Waals surface area (Å²) in [5.74, 6) is 0. The Kier molecular flexibility index (Phi) is 3.89. The summed E-state index contributed by atoms with van der Waals surface area (Å²) in [5, 5.41) is 3.21. The van der Waals surface area contributed by atoms with Crippen LogP contribution >= 0.6 is 0 Å². The summed E-state index contributed by atoms with van der Waals surface area (Å²) < 4.78 is 0. The van der Waals surface area contributed by atoms with Gasteiger partial charge in [-0.2, -0.15) is 0 Å². The fraction of sp³-hybridized carbons (Fsp3) is 0.273. The Labute approximate surface area is 79.9 Å². The monoisotopic (exact) mass is 176 g/mol. The third-order valence-electron chi connectivity index (χ3n) is 1.64. The quantitative estimate of drug-likeness (QED) is 0.752. The van der Waals surface area contributed by atoms with Crippen LogP contribution in [0.3, 0.4) is 0 Å². The first-order valence-electron chi connectivity index (χ1n) is 4.39. The Balaban J connectivity index is 2.28. The minimum atomic E-state index is 0.880. The van der Waals surface area contributed by atoms with E-state index in [0.29, 0.717) is 0 Å². The topological polar surface area (TPSA) is 15.3 Å². The maximum atomic E-state index is 3.21. The molecule has 13 heavy (non-hydrogen) atoms. The molecule has 1 N–H and O–H groups in total. The molecule has 0 radical (unpaired) electrons. The molecule has 2 nitrogen and oxygen atoms in total. The largest absolute Gasteiger partial charge is 0.386 e. The van der Waals surface area contributed by atoms with E-state index in [2.05, 4.69) is 17.4 Å². The minimum absolute atomic E-state index is 0.880. The lowest BCUT2D eigenvalue weighted by Gasteiger charge is -2.04. The third kappa shape index (κ3) is 4.21. The molecule has 1 aromatic rings. The molecule has 1 rings (SSSR count). The molecule has 0 saturated carbocycles. The van der Waals surface area contributed by atoms with E-state index in [1.165, 1.54) is 5.56 Å². The second-order valence-corrected chi connectivity index (χ2v) is 3.15. The van der Waals surface area contributed by atoms with Gasteiger partial charge in [0.25, 0.3) is 0 Å². The normalized spacial score (nSPS) is 10.3. The molecule has 0 heterocycles. The molecule has 0 spiro atoms. The fourth-order valence-electron chi connectivity index (χ4n) is 0.974. The van der Waals surface area contributed by atoms with Gasteiger partial charge in [0.1, 0.15) is 0 Å². The molecule has 0 aliphatic carbocycles. The Hall–Kier alpha value is -1.44. The zero-order valence-corrected chi connectivity index (χ0v) is 8.20. The van der Waals surface area contributed by atoms with Gasteiger partial charge in [0, 0.05) is 33.0 Å². The minimum Gasteiger partial charge on any atom is -0.386 e. The van der Waals surface area contributed by atoms with E-state index in [-0.39, 0.29) is 0 Å². The van der Waals surface area contributed by atoms with Gasteiger partial charge in [-0.15, -0.1) is 0 Å². The van der Waals surface area contributed by atoms with E-state index in [1.807, 2.05) is 49.6 Å². The number of rotatable bonds is 4. The molecule has 0 aliphatic heterocycles. The summed E-state index contributed by atoms with van der Waals surface area (Å²) in [4.78, 5) is 2.00. The Morgan fingerprint density at radius 1 is 1.23 bits per heavy atom. The van der Waals surface area contributed by atoms with Crippen LogP contribution in [0.25, 0.3) is 0 Å². The van der Waals surface area contributed by atoms with E-state index in [1.54, 1.807) is 0 Å². The Bertz CT molecular complexity index is 252. The van der Waals surface area contributed by atoms with Gasteiger partial charge in [-0.1, -0.05) is 30.3 Å². The molecule has 70 valence electrons. The lowest BCUT2D eigenvalue weighted by Crippen LogP contribution is -2.08. The van der Waals surface area contributed by atoms with Crippen molar-refractivity contribution >= 4 is 0 Å². The summed E-state index contributed by atoms with van der Waals surface area (Å²) in [6, 6.07) is 10.3. The van der Waals surface area contributed by atoms with Crippen LogP contribution in [0.2, 0.25) is 0 Å². The van der Waals surface area contributed by atoms with Gasteiger partial charge in [0.05, 0.1) is 0 Å². The second-order valence-electron chi connectivity index (χ2n) is 3.15. The lowest BCUT2D eigenvalue weighted by molar-refractivity contribution is 0.558. The molecule has 0 amide bonds. The molecule has 0 saturated heterocycles. The molecular formula is C11H16N2. The molecule has 0 fully saturated rings. The third-order valence-corrected chi connectivity index (χ3v) is 1.64. The van der Waals surface area contributed by atoms with Gasteiger partial charge >= 0.3 is 0 Å². The molecule has 0 aromatic heterocycles. The molecule has 0 atom stereocenters. The average Bonchev–Trinajstić information content (AvgIpc) is 2.14. The van der Waals surface area contributed by atoms with Crippen molar-refractivity contribution in [2.75, 3.05) is 14.1 Å². The second kappa shape index (κ2) is 5.25. The van der Waals surface area contributed by atoms with Crippen molar-refractivity contribution in [1.82, 2.24) is 10.2 Å². The van der Waals surface area contributed by atoms with Crippen molar-refractivity contribution in [3.63, 3.8) is 0 Å². The molecule has 1 aromatic carbocycles. The van der Waals surface area contributed by atoms with Crippen molar-refractivity contribution in [3.05, 3.63) is 48.3 Å². The molecule has 0 bridgehead atoms. The van der Waals surface area contributed by atoms with Crippen LogP contribution in [0.15, 0.2) is 42.7 Å². The van der Waals surface area contributed by atoms with Crippen LogP contribution in [0.5, 0.6) is 0 Å². The smallest absolute Gasteiger partial charge is 0.0395 e. The molecule has 2 heteroatoms. The van der Waals surface area contributed by atoms with Crippen molar-refractivity contribution in [1.29, 1.82) is 0 Å². The highest BCUT2D eigenvalue weighted by Gasteiger charge is 1.85. The van der Waals surface area contributed by atoms with Crippen LogP contribution in [0.1, 0.15) is 5.56 Å². The van der Waals surface area contributed by atoms with E-state index in [0.717, 1.165) is 6.54 Å². The Morgan fingerprint density at radius 3 is 2.54 bits per heavy atom. The summed E-state index contributed by atoms with van der Waals surface area (Å²) in [6.07, 6.45) is 3.94. The van der Waals surface area contributed by atoms with E-state index < -0.39 is 0 Å². The van der Waals surface area contributed by atoms with Gasteiger partial charge in [-0.25, -0.2) is 0 Å². The van der Waals surface area contributed by atoms with Crippen molar-refractivity contribution < 1.29 is 0 Å². The maximum Gasteiger partial charge on any atom is 0.0395 e. The first-order chi connectivity index (χ1) is 6.29. The summed E-state index contributed by atoms with van der Waals surface area (Å²) >= 11 is 0. The van der Waals surface area contributed by atoms with Crippen molar-refractivity contribution in [3.8, 4) is 0 Å². The van der Waals surface area contributed by atoms with E-state index in [9.17, 15) is 0 Å². The highest BCUT2D eigenvalue weighted by Crippen LogP contribution is 1.96. The van der Waals surface area contributed by atoms with Gasteiger partial charge in [0.2, 0.25) is 0 Å². The van der Waals surface area contributed by atoms with Gasteiger partial charge in [-0.3, -0.25) is 0 Å². The van der Waals surface area contributed by atoms with E-state index >= 15 is 0 Å². The number of benzene rings is 1. The van der Waals surface area contributed by atoms with Gasteiger partial charge in [-0.05, 0) is 5.56 Å². The predicted molar refractivity (Wildman–Crippen MR) is 56.1 cm³/mol. The van der Waals surface area contributed by atoms with Gasteiger partial charge in [0.15, 0.2) is 0 Å². The predicted octanol–water partition coefficient (Wildman–Crippen LogP) is 1.81. The number of hydrogen-bond donors (Lipinski definition) is 1. The number of hydrogen-bond acceptors (Lipinski definition) is 2. The highest BCUT2D eigenvalue weighted by molar-refractivity contribution is 5.14. The lowest BCUT2D eigenvalue weighted by atomic mass is 10.2. The summed E-state index contributed by atoms with van der Waals surface area (Å²) in [6.45, 7) is 0.880.